The van der Waals surface area contributed by atoms with E-state index in [0.29, 0.717) is 5.92 Å². The predicted octanol–water partition coefficient (Wildman–Crippen LogP) is 2.49. The Kier molecular flexibility index (Phi) is 2.28. The van der Waals surface area contributed by atoms with Gasteiger partial charge in [0, 0.05) is 0 Å². The van der Waals surface area contributed by atoms with Crippen LogP contribution in [0.1, 0.15) is 26.7 Å². The van der Waals surface area contributed by atoms with Crippen molar-refractivity contribution in [3.8, 4) is 0 Å². The zero-order valence-corrected chi connectivity index (χ0v) is 7.18. The molecule has 11 heavy (non-hydrogen) atoms. The molecular formula is C10H14O. The van der Waals surface area contributed by atoms with Crippen molar-refractivity contribution in [3.05, 3.63) is 23.8 Å². The average molecular weight is 150 g/mol. The van der Waals surface area contributed by atoms with E-state index < -0.39 is 0 Å². The third kappa shape index (κ3) is 1.79. The largest absolute Gasteiger partial charge is 0.295 e. The maximum atomic E-state index is 10.9. The van der Waals surface area contributed by atoms with Crippen LogP contribution in [-0.2, 0) is 4.79 Å². The lowest BCUT2D eigenvalue weighted by molar-refractivity contribution is -0.113. The van der Waals surface area contributed by atoms with Crippen LogP contribution in [0.4, 0.5) is 0 Å². The van der Waals surface area contributed by atoms with Crippen molar-refractivity contribution in [3.63, 3.8) is 0 Å². The van der Waals surface area contributed by atoms with Gasteiger partial charge in [-0.05, 0) is 38.2 Å². The second-order valence-electron chi connectivity index (χ2n) is 3.27. The second kappa shape index (κ2) is 3.04. The number of hydrogen-bond acceptors (Lipinski definition) is 1. The Morgan fingerprint density at radius 2 is 2.27 bits per heavy atom. The molecule has 1 aliphatic rings. The summed E-state index contributed by atoms with van der Waals surface area (Å²) in [6.45, 7) is 7.55. The fourth-order valence-electron chi connectivity index (χ4n) is 1.38. The molecule has 1 atom stereocenters. The normalized spacial score (nSPS) is 23.1. The highest BCUT2D eigenvalue weighted by atomic mass is 16.1. The first-order chi connectivity index (χ1) is 5.11. The summed E-state index contributed by atoms with van der Waals surface area (Å²) in [5.41, 5.74) is 2.18. The minimum Gasteiger partial charge on any atom is -0.295 e. The van der Waals surface area contributed by atoms with Crippen molar-refractivity contribution < 1.29 is 4.79 Å². The Hall–Kier alpha value is -0.850. The van der Waals surface area contributed by atoms with Crippen LogP contribution in [0.2, 0.25) is 0 Å². The summed E-state index contributed by atoms with van der Waals surface area (Å²) >= 11 is 0. The van der Waals surface area contributed by atoms with Gasteiger partial charge >= 0.3 is 0 Å². The Balaban J connectivity index is 2.56. The number of ketones is 1. The fourth-order valence-corrected chi connectivity index (χ4v) is 1.38. The van der Waals surface area contributed by atoms with Crippen LogP contribution in [-0.4, -0.2) is 5.78 Å². The number of carbonyl (C=O) groups excluding carboxylic acids is 1. The molecule has 1 aliphatic carbocycles. The molecule has 1 nitrogen and oxygen atoms in total. The van der Waals surface area contributed by atoms with Crippen LogP contribution in [0.3, 0.4) is 0 Å². The molecule has 0 fully saturated rings. The summed E-state index contributed by atoms with van der Waals surface area (Å²) < 4.78 is 0. The lowest BCUT2D eigenvalue weighted by Gasteiger charge is -2.07. The van der Waals surface area contributed by atoms with Gasteiger partial charge in [0.05, 0.1) is 0 Å². The predicted molar refractivity (Wildman–Crippen MR) is 46.3 cm³/mol. The Labute approximate surface area is 67.8 Å². The number of carbonyl (C=O) groups is 1. The van der Waals surface area contributed by atoms with E-state index in [9.17, 15) is 4.79 Å². The summed E-state index contributed by atoms with van der Waals surface area (Å²) in [6.07, 6.45) is 3.95. The molecule has 0 aromatic carbocycles. The van der Waals surface area contributed by atoms with Crippen molar-refractivity contribution in [2.45, 2.75) is 26.7 Å². The molecule has 0 aromatic heterocycles. The molecule has 1 rings (SSSR count). The number of rotatable bonds is 2. The number of allylic oxidation sites excluding steroid dienone is 3. The lowest BCUT2D eigenvalue weighted by atomic mass is 9.97. The number of hydrogen-bond donors (Lipinski definition) is 0. The lowest BCUT2D eigenvalue weighted by Crippen LogP contribution is -1.98. The van der Waals surface area contributed by atoms with E-state index in [1.807, 2.05) is 13.0 Å². The molecule has 0 spiro atoms. The molecule has 0 amide bonds. The summed E-state index contributed by atoms with van der Waals surface area (Å²) in [5.74, 6) is 0.739. The quantitative estimate of drug-likeness (QED) is 0.553. The van der Waals surface area contributed by atoms with Crippen molar-refractivity contribution >= 4 is 5.78 Å². The van der Waals surface area contributed by atoms with Crippen LogP contribution >= 0.6 is 0 Å². The van der Waals surface area contributed by atoms with Crippen molar-refractivity contribution in [1.82, 2.24) is 0 Å². The monoisotopic (exact) mass is 150 g/mol. The van der Waals surface area contributed by atoms with E-state index in [0.717, 1.165) is 18.4 Å². The highest BCUT2D eigenvalue weighted by Gasteiger charge is 2.19. The molecule has 0 saturated heterocycles. The highest BCUT2D eigenvalue weighted by molar-refractivity contribution is 5.93. The summed E-state index contributed by atoms with van der Waals surface area (Å²) in [6, 6.07) is 0. The molecule has 1 heteroatoms. The fraction of sp³-hybridized carbons (Fsp3) is 0.500. The van der Waals surface area contributed by atoms with E-state index >= 15 is 0 Å². The highest BCUT2D eigenvalue weighted by Crippen LogP contribution is 2.29. The minimum atomic E-state index is 0.216. The molecule has 0 aliphatic heterocycles. The van der Waals surface area contributed by atoms with Crippen molar-refractivity contribution in [2.75, 3.05) is 0 Å². The van der Waals surface area contributed by atoms with Gasteiger partial charge in [-0.2, -0.15) is 0 Å². The second-order valence-corrected chi connectivity index (χ2v) is 3.27. The molecule has 0 bridgehead atoms. The molecule has 0 N–H and O–H groups in total. The van der Waals surface area contributed by atoms with Crippen LogP contribution in [0.15, 0.2) is 23.8 Å². The van der Waals surface area contributed by atoms with Crippen LogP contribution in [0.25, 0.3) is 0 Å². The summed E-state index contributed by atoms with van der Waals surface area (Å²) in [7, 11) is 0. The van der Waals surface area contributed by atoms with Gasteiger partial charge in [0.15, 0.2) is 5.78 Å². The van der Waals surface area contributed by atoms with Gasteiger partial charge in [0.2, 0.25) is 0 Å². The summed E-state index contributed by atoms with van der Waals surface area (Å²) in [4.78, 5) is 10.9. The van der Waals surface area contributed by atoms with Gasteiger partial charge < -0.3 is 0 Å². The average Bonchev–Trinajstić information content (AvgIpc) is 2.33. The van der Waals surface area contributed by atoms with Crippen LogP contribution in [0, 0.1) is 5.92 Å². The van der Waals surface area contributed by atoms with Gasteiger partial charge in [0.1, 0.15) is 0 Å². The van der Waals surface area contributed by atoms with E-state index in [2.05, 4.69) is 6.58 Å². The standard InChI is InChI=1S/C10H14O/c1-7(2)9-4-5-10(6-9)8(3)11/h5,9H,1,4,6H2,2-3H3/t9-/m0/s1. The van der Waals surface area contributed by atoms with Gasteiger partial charge in [0.25, 0.3) is 0 Å². The van der Waals surface area contributed by atoms with Crippen molar-refractivity contribution in [1.29, 1.82) is 0 Å². The smallest absolute Gasteiger partial charge is 0.155 e. The van der Waals surface area contributed by atoms with E-state index in [-0.39, 0.29) is 5.78 Å². The molecule has 0 heterocycles. The maximum Gasteiger partial charge on any atom is 0.155 e. The van der Waals surface area contributed by atoms with Gasteiger partial charge in [-0.25, -0.2) is 0 Å². The minimum absolute atomic E-state index is 0.216. The van der Waals surface area contributed by atoms with Gasteiger partial charge in [-0.3, -0.25) is 4.79 Å². The molecule has 0 saturated carbocycles. The van der Waals surface area contributed by atoms with Crippen molar-refractivity contribution in [2.24, 2.45) is 5.92 Å². The first-order valence-electron chi connectivity index (χ1n) is 3.96. The zero-order chi connectivity index (χ0) is 8.43. The molecule has 60 valence electrons. The first kappa shape index (κ1) is 8.25. The Bertz CT molecular complexity index is 223. The van der Waals surface area contributed by atoms with E-state index in [4.69, 9.17) is 0 Å². The third-order valence-electron chi connectivity index (χ3n) is 2.26. The Morgan fingerprint density at radius 1 is 1.64 bits per heavy atom. The number of Topliss-reactive ketones (excluding diaryl/α,β-unsaturated/α-hetero) is 1. The van der Waals surface area contributed by atoms with Gasteiger partial charge in [-0.1, -0.05) is 18.2 Å². The molecule has 0 unspecified atom stereocenters. The van der Waals surface area contributed by atoms with Gasteiger partial charge in [-0.15, -0.1) is 0 Å². The van der Waals surface area contributed by atoms with Crippen LogP contribution < -0.4 is 0 Å². The topological polar surface area (TPSA) is 17.1 Å². The maximum absolute atomic E-state index is 10.9. The Morgan fingerprint density at radius 3 is 2.55 bits per heavy atom. The molecule has 0 aromatic rings. The summed E-state index contributed by atoms with van der Waals surface area (Å²) in [5, 5.41) is 0. The zero-order valence-electron chi connectivity index (χ0n) is 7.18. The third-order valence-corrected chi connectivity index (χ3v) is 2.26. The molecule has 0 radical (unpaired) electrons. The van der Waals surface area contributed by atoms with Crippen LogP contribution in [0.5, 0.6) is 0 Å². The first-order valence-corrected chi connectivity index (χ1v) is 3.96. The van der Waals surface area contributed by atoms with E-state index in [1.165, 1.54) is 5.57 Å². The SMILES string of the molecule is C=C(C)[C@H]1CC=C(C(C)=O)C1. The van der Waals surface area contributed by atoms with E-state index in [1.54, 1.807) is 6.92 Å². The molecular weight excluding hydrogens is 136 g/mol.